The second-order valence-corrected chi connectivity index (χ2v) is 7.40. The summed E-state index contributed by atoms with van der Waals surface area (Å²) in [5.41, 5.74) is 0.831. The number of Topliss-reactive ketones (excluding diaryl/α,β-unsaturated/α-hetero) is 1. The van der Waals surface area contributed by atoms with E-state index in [0.717, 1.165) is 34.2 Å². The molecule has 132 valence electrons. The van der Waals surface area contributed by atoms with E-state index in [-0.39, 0.29) is 5.78 Å². The summed E-state index contributed by atoms with van der Waals surface area (Å²) in [5, 5.41) is 0. The number of furan rings is 2. The van der Waals surface area contributed by atoms with Crippen LogP contribution in [-0.2, 0) is 15.6 Å². The third-order valence-corrected chi connectivity index (χ3v) is 5.84. The zero-order valence-electron chi connectivity index (χ0n) is 16.3. The number of carbonyl (C=O) groups excluding carboxylic acids is 1. The van der Waals surface area contributed by atoms with Crippen molar-refractivity contribution in [1.82, 2.24) is 0 Å². The molecule has 0 aliphatic carbocycles. The maximum atomic E-state index is 13.7. The van der Waals surface area contributed by atoms with Crippen LogP contribution in [0, 0.1) is 27.7 Å². The van der Waals surface area contributed by atoms with E-state index in [1.165, 1.54) is 0 Å². The molecule has 2 rings (SSSR count). The van der Waals surface area contributed by atoms with Gasteiger partial charge < -0.3 is 8.83 Å². The van der Waals surface area contributed by atoms with Gasteiger partial charge in [0.15, 0.2) is 5.78 Å². The first-order valence-corrected chi connectivity index (χ1v) is 8.80. The first-order valence-electron chi connectivity index (χ1n) is 8.80. The highest BCUT2D eigenvalue weighted by molar-refractivity contribution is 5.97. The molecule has 0 saturated heterocycles. The lowest BCUT2D eigenvalue weighted by Gasteiger charge is -2.34. The molecule has 3 heteroatoms. The van der Waals surface area contributed by atoms with E-state index in [1.807, 2.05) is 67.5 Å². The van der Waals surface area contributed by atoms with Crippen LogP contribution in [0.5, 0.6) is 0 Å². The van der Waals surface area contributed by atoms with E-state index in [9.17, 15) is 4.79 Å². The second kappa shape index (κ2) is 6.27. The van der Waals surface area contributed by atoms with Gasteiger partial charge in [-0.25, -0.2) is 0 Å². The lowest BCUT2D eigenvalue weighted by molar-refractivity contribution is -0.130. The number of aryl methyl sites for hydroxylation is 4. The standard InChI is InChI=1S/C21H30O3/c1-9-20(7,17-11-13(3)15(5)23-17)19(22)21(8,10-2)18-12-14(4)16(6)24-18/h11-12H,9-10H2,1-8H3. The van der Waals surface area contributed by atoms with Crippen molar-refractivity contribution in [2.24, 2.45) is 0 Å². The molecule has 0 aromatic carbocycles. The molecule has 2 aromatic rings. The van der Waals surface area contributed by atoms with Crippen molar-refractivity contribution in [3.05, 3.63) is 46.3 Å². The molecule has 0 fully saturated rings. The van der Waals surface area contributed by atoms with E-state index < -0.39 is 10.8 Å². The van der Waals surface area contributed by atoms with Crippen LogP contribution in [0.1, 0.15) is 74.7 Å². The second-order valence-electron chi connectivity index (χ2n) is 7.40. The topological polar surface area (TPSA) is 43.4 Å². The molecule has 0 bridgehead atoms. The summed E-state index contributed by atoms with van der Waals surface area (Å²) in [7, 11) is 0. The predicted octanol–water partition coefficient (Wildman–Crippen LogP) is 5.71. The van der Waals surface area contributed by atoms with Gasteiger partial charge in [-0.3, -0.25) is 4.79 Å². The van der Waals surface area contributed by atoms with Crippen molar-refractivity contribution in [3.8, 4) is 0 Å². The van der Waals surface area contributed by atoms with Crippen LogP contribution >= 0.6 is 0 Å². The molecular formula is C21H30O3. The number of rotatable bonds is 6. The Bertz CT molecular complexity index is 648. The predicted molar refractivity (Wildman–Crippen MR) is 96.7 cm³/mol. The molecule has 0 amide bonds. The molecule has 24 heavy (non-hydrogen) atoms. The third kappa shape index (κ3) is 2.74. The molecule has 3 nitrogen and oxygen atoms in total. The van der Waals surface area contributed by atoms with Gasteiger partial charge in [0.2, 0.25) is 0 Å². The smallest absolute Gasteiger partial charge is 0.159 e. The third-order valence-electron chi connectivity index (χ3n) is 5.84. The molecule has 2 aromatic heterocycles. The minimum atomic E-state index is -0.668. The SMILES string of the molecule is CCC(C)(C(=O)C(C)(CC)c1cc(C)c(C)o1)c1cc(C)c(C)o1. The highest BCUT2D eigenvalue weighted by Gasteiger charge is 2.48. The number of hydrogen-bond donors (Lipinski definition) is 0. The Morgan fingerprint density at radius 3 is 1.38 bits per heavy atom. The van der Waals surface area contributed by atoms with Gasteiger partial charge in [0.25, 0.3) is 0 Å². The fourth-order valence-corrected chi connectivity index (χ4v) is 3.19. The molecule has 0 saturated carbocycles. The lowest BCUT2D eigenvalue weighted by atomic mass is 9.66. The Kier molecular flexibility index (Phi) is 4.85. The highest BCUT2D eigenvalue weighted by Crippen LogP contribution is 2.42. The first-order chi connectivity index (χ1) is 11.1. The molecule has 0 radical (unpaired) electrons. The quantitative estimate of drug-likeness (QED) is 0.681. The Morgan fingerprint density at radius 1 is 0.833 bits per heavy atom. The van der Waals surface area contributed by atoms with Gasteiger partial charge in [0, 0.05) is 0 Å². The van der Waals surface area contributed by atoms with Crippen molar-refractivity contribution >= 4 is 5.78 Å². The van der Waals surface area contributed by atoms with Crippen LogP contribution < -0.4 is 0 Å². The summed E-state index contributed by atoms with van der Waals surface area (Å²) in [5.74, 6) is 3.41. The van der Waals surface area contributed by atoms with Crippen LogP contribution in [0.25, 0.3) is 0 Å². The Morgan fingerprint density at radius 2 is 1.17 bits per heavy atom. The maximum Gasteiger partial charge on any atom is 0.159 e. The van der Waals surface area contributed by atoms with Gasteiger partial charge in [-0.2, -0.15) is 0 Å². The molecule has 2 atom stereocenters. The van der Waals surface area contributed by atoms with Crippen molar-refractivity contribution in [2.75, 3.05) is 0 Å². The van der Waals surface area contributed by atoms with Crippen molar-refractivity contribution in [3.63, 3.8) is 0 Å². The van der Waals surface area contributed by atoms with E-state index in [2.05, 4.69) is 0 Å². The Balaban J connectivity index is 2.55. The monoisotopic (exact) mass is 330 g/mol. The average Bonchev–Trinajstić information content (AvgIpc) is 3.08. The van der Waals surface area contributed by atoms with Crippen LogP contribution in [-0.4, -0.2) is 5.78 Å². The normalized spacial score (nSPS) is 16.7. The van der Waals surface area contributed by atoms with Gasteiger partial charge >= 0.3 is 0 Å². The zero-order chi connectivity index (χ0) is 18.3. The average molecular weight is 330 g/mol. The van der Waals surface area contributed by atoms with Crippen molar-refractivity contribution < 1.29 is 13.6 Å². The molecule has 0 N–H and O–H groups in total. The zero-order valence-corrected chi connectivity index (χ0v) is 16.3. The molecule has 0 aliphatic heterocycles. The molecular weight excluding hydrogens is 300 g/mol. The van der Waals surface area contributed by atoms with Crippen LogP contribution in [0.15, 0.2) is 21.0 Å². The van der Waals surface area contributed by atoms with E-state index in [4.69, 9.17) is 8.83 Å². The fraction of sp³-hybridized carbons (Fsp3) is 0.571. The largest absolute Gasteiger partial charge is 0.465 e. The van der Waals surface area contributed by atoms with Gasteiger partial charge in [-0.15, -0.1) is 0 Å². The fourth-order valence-electron chi connectivity index (χ4n) is 3.19. The van der Waals surface area contributed by atoms with Crippen LogP contribution in [0.3, 0.4) is 0 Å². The van der Waals surface area contributed by atoms with E-state index in [1.54, 1.807) is 0 Å². The van der Waals surface area contributed by atoms with Crippen molar-refractivity contribution in [2.45, 2.75) is 79.1 Å². The molecule has 0 aliphatic rings. The van der Waals surface area contributed by atoms with Gasteiger partial charge in [0.1, 0.15) is 23.0 Å². The lowest BCUT2D eigenvalue weighted by Crippen LogP contribution is -2.45. The molecule has 2 heterocycles. The summed E-state index contributed by atoms with van der Waals surface area (Å²) >= 11 is 0. The summed E-state index contributed by atoms with van der Waals surface area (Å²) in [6.07, 6.45) is 1.37. The summed E-state index contributed by atoms with van der Waals surface area (Å²) in [4.78, 5) is 13.7. The van der Waals surface area contributed by atoms with Gasteiger partial charge in [0.05, 0.1) is 10.8 Å². The maximum absolute atomic E-state index is 13.7. The molecule has 0 spiro atoms. The molecule has 2 unspecified atom stereocenters. The highest BCUT2D eigenvalue weighted by atomic mass is 16.3. The summed E-state index contributed by atoms with van der Waals surface area (Å²) in [6, 6.07) is 4.01. The number of hydrogen-bond acceptors (Lipinski definition) is 3. The van der Waals surface area contributed by atoms with E-state index >= 15 is 0 Å². The van der Waals surface area contributed by atoms with Crippen LogP contribution in [0.4, 0.5) is 0 Å². The summed E-state index contributed by atoms with van der Waals surface area (Å²) in [6.45, 7) is 16.0. The Hall–Kier alpha value is -1.77. The van der Waals surface area contributed by atoms with Crippen LogP contribution in [0.2, 0.25) is 0 Å². The minimum Gasteiger partial charge on any atom is -0.465 e. The summed E-state index contributed by atoms with van der Waals surface area (Å²) < 4.78 is 11.9. The van der Waals surface area contributed by atoms with Crippen molar-refractivity contribution in [1.29, 1.82) is 0 Å². The first kappa shape index (κ1) is 18.6. The Labute approximate surface area is 145 Å². The number of carbonyl (C=O) groups is 1. The number of ketones is 1. The van der Waals surface area contributed by atoms with Gasteiger partial charge in [-0.05, 0) is 77.6 Å². The van der Waals surface area contributed by atoms with E-state index in [0.29, 0.717) is 12.8 Å². The van der Waals surface area contributed by atoms with Gasteiger partial charge in [-0.1, -0.05) is 13.8 Å². The minimum absolute atomic E-state index is 0.155.